The second kappa shape index (κ2) is 8.36. The topological polar surface area (TPSA) is 66.5 Å². The Morgan fingerprint density at radius 3 is 2.20 bits per heavy atom. The molecule has 0 aliphatic rings. The van der Waals surface area contributed by atoms with Gasteiger partial charge in [0.25, 0.3) is 5.91 Å². The minimum Gasteiger partial charge on any atom is -0.350 e. The lowest BCUT2D eigenvalue weighted by Crippen LogP contribution is -2.38. The molecule has 0 unspecified atom stereocenters. The van der Waals surface area contributed by atoms with Crippen molar-refractivity contribution in [3.05, 3.63) is 64.7 Å². The van der Waals surface area contributed by atoms with Gasteiger partial charge in [0, 0.05) is 17.1 Å². The number of nitrogens with one attached hydrogen (secondary N) is 1. The van der Waals surface area contributed by atoms with Crippen LogP contribution in [0.25, 0.3) is 0 Å². The van der Waals surface area contributed by atoms with Gasteiger partial charge in [-0.2, -0.15) is 0 Å². The number of carbonyl (C=O) groups excluding carboxylic acids is 1. The number of benzene rings is 2. The van der Waals surface area contributed by atoms with Crippen molar-refractivity contribution in [2.24, 2.45) is 0 Å². The molecule has 0 radical (unpaired) electrons. The summed E-state index contributed by atoms with van der Waals surface area (Å²) < 4.78 is 25.4. The van der Waals surface area contributed by atoms with Gasteiger partial charge in [0.15, 0.2) is 0 Å². The molecular weight excluding hydrogens is 360 g/mol. The highest BCUT2D eigenvalue weighted by molar-refractivity contribution is 7.92. The van der Waals surface area contributed by atoms with E-state index < -0.39 is 10.0 Å². The summed E-state index contributed by atoms with van der Waals surface area (Å²) in [5.41, 5.74) is 2.19. The molecule has 0 spiro atoms. The van der Waals surface area contributed by atoms with Crippen LogP contribution in [0.4, 0.5) is 5.69 Å². The van der Waals surface area contributed by atoms with E-state index in [2.05, 4.69) is 5.32 Å². The zero-order chi connectivity index (χ0) is 18.4. The average Bonchev–Trinajstić information content (AvgIpc) is 2.58. The lowest BCUT2D eigenvalue weighted by molar-refractivity contribution is 0.0955. The second-order valence-corrected chi connectivity index (χ2v) is 7.96. The predicted octanol–water partition coefficient (Wildman–Crippen LogP) is 3.10. The third-order valence-electron chi connectivity index (χ3n) is 3.74. The number of hydrogen-bond acceptors (Lipinski definition) is 3. The van der Waals surface area contributed by atoms with Crippen LogP contribution in [-0.2, 0) is 16.4 Å². The van der Waals surface area contributed by atoms with Crippen molar-refractivity contribution in [3.8, 4) is 0 Å². The van der Waals surface area contributed by atoms with Gasteiger partial charge < -0.3 is 5.32 Å². The fourth-order valence-electron chi connectivity index (χ4n) is 2.36. The van der Waals surface area contributed by atoms with E-state index in [0.29, 0.717) is 16.3 Å². The Morgan fingerprint density at radius 2 is 1.68 bits per heavy atom. The first-order valence-electron chi connectivity index (χ1n) is 7.91. The quantitative estimate of drug-likeness (QED) is 0.802. The molecule has 7 heteroatoms. The van der Waals surface area contributed by atoms with Crippen LogP contribution >= 0.6 is 11.6 Å². The van der Waals surface area contributed by atoms with Crippen LogP contribution < -0.4 is 9.62 Å². The number of sulfonamides is 1. The van der Waals surface area contributed by atoms with Crippen molar-refractivity contribution >= 4 is 33.2 Å². The molecule has 2 rings (SSSR count). The first-order valence-corrected chi connectivity index (χ1v) is 10.1. The van der Waals surface area contributed by atoms with Gasteiger partial charge in [0.05, 0.1) is 18.5 Å². The summed E-state index contributed by atoms with van der Waals surface area (Å²) in [6.45, 7) is 2.39. The summed E-state index contributed by atoms with van der Waals surface area (Å²) in [5, 5.41) is 3.28. The normalized spacial score (nSPS) is 11.2. The van der Waals surface area contributed by atoms with E-state index in [1.165, 1.54) is 4.31 Å². The van der Waals surface area contributed by atoms with Gasteiger partial charge in [-0.1, -0.05) is 30.7 Å². The van der Waals surface area contributed by atoms with Crippen molar-refractivity contribution in [1.29, 1.82) is 0 Å². The molecular formula is C18H21ClN2O3S. The highest BCUT2D eigenvalue weighted by Crippen LogP contribution is 2.18. The lowest BCUT2D eigenvalue weighted by atomic mass is 10.1. The van der Waals surface area contributed by atoms with E-state index in [4.69, 9.17) is 11.6 Å². The number of hydrogen-bond donors (Lipinski definition) is 1. The maximum Gasteiger partial charge on any atom is 0.251 e. The van der Waals surface area contributed by atoms with Crippen molar-refractivity contribution in [3.63, 3.8) is 0 Å². The zero-order valence-corrected chi connectivity index (χ0v) is 15.8. The number of rotatable bonds is 7. The van der Waals surface area contributed by atoms with Crippen LogP contribution in [-0.4, -0.2) is 33.7 Å². The summed E-state index contributed by atoms with van der Waals surface area (Å²) in [7, 11) is -3.44. The average molecular weight is 381 g/mol. The van der Waals surface area contributed by atoms with E-state index in [0.717, 1.165) is 18.2 Å². The van der Waals surface area contributed by atoms with Crippen molar-refractivity contribution < 1.29 is 13.2 Å². The van der Waals surface area contributed by atoms with Crippen LogP contribution in [0.2, 0.25) is 5.02 Å². The maximum atomic E-state index is 12.1. The SMILES string of the molecule is CCc1ccc(N(CCNC(=O)c2ccc(Cl)cc2)S(C)(=O)=O)cc1. The van der Waals surface area contributed by atoms with Crippen LogP contribution in [0.15, 0.2) is 48.5 Å². The Hall–Kier alpha value is -2.05. The van der Waals surface area contributed by atoms with Crippen molar-refractivity contribution in [1.82, 2.24) is 5.32 Å². The van der Waals surface area contributed by atoms with Gasteiger partial charge >= 0.3 is 0 Å². The molecule has 2 aromatic carbocycles. The minimum absolute atomic E-state index is 0.156. The summed E-state index contributed by atoms with van der Waals surface area (Å²) in [4.78, 5) is 12.1. The Morgan fingerprint density at radius 1 is 1.08 bits per heavy atom. The number of nitrogens with zero attached hydrogens (tertiary/aromatic N) is 1. The highest BCUT2D eigenvalue weighted by atomic mass is 35.5. The van der Waals surface area contributed by atoms with E-state index in [-0.39, 0.29) is 19.0 Å². The molecule has 0 atom stereocenters. The van der Waals surface area contributed by atoms with Gasteiger partial charge in [-0.3, -0.25) is 9.10 Å². The zero-order valence-electron chi connectivity index (χ0n) is 14.2. The first kappa shape index (κ1) is 19.3. The van der Waals surface area contributed by atoms with Crippen LogP contribution in [0.1, 0.15) is 22.8 Å². The smallest absolute Gasteiger partial charge is 0.251 e. The van der Waals surface area contributed by atoms with Gasteiger partial charge in [-0.05, 0) is 48.4 Å². The molecule has 0 bridgehead atoms. The molecule has 0 saturated heterocycles. The third kappa shape index (κ3) is 5.47. The monoisotopic (exact) mass is 380 g/mol. The molecule has 2 aromatic rings. The Kier molecular flexibility index (Phi) is 6.45. The number of aryl methyl sites for hydroxylation is 1. The molecule has 0 heterocycles. The van der Waals surface area contributed by atoms with Crippen LogP contribution in [0, 0.1) is 0 Å². The minimum atomic E-state index is -3.44. The Balaban J connectivity index is 2.03. The second-order valence-electron chi connectivity index (χ2n) is 5.62. The molecule has 5 nitrogen and oxygen atoms in total. The first-order chi connectivity index (χ1) is 11.8. The fraction of sp³-hybridized carbons (Fsp3) is 0.278. The standard InChI is InChI=1S/C18H21ClN2O3S/c1-3-14-4-10-17(11-5-14)21(25(2,23)24)13-12-20-18(22)15-6-8-16(19)9-7-15/h4-11H,3,12-13H2,1-2H3,(H,20,22). The fourth-order valence-corrected chi connectivity index (χ4v) is 3.41. The Labute approximate surface area is 153 Å². The highest BCUT2D eigenvalue weighted by Gasteiger charge is 2.17. The number of amides is 1. The van der Waals surface area contributed by atoms with Gasteiger partial charge in [-0.25, -0.2) is 8.42 Å². The third-order valence-corrected chi connectivity index (χ3v) is 5.19. The number of carbonyl (C=O) groups is 1. The molecule has 0 aliphatic heterocycles. The summed E-state index contributed by atoms with van der Waals surface area (Å²) in [6, 6.07) is 13.9. The Bertz CT molecular complexity index is 818. The van der Waals surface area contributed by atoms with Gasteiger partial charge in [0.1, 0.15) is 0 Å². The van der Waals surface area contributed by atoms with Crippen LogP contribution in [0.5, 0.6) is 0 Å². The molecule has 134 valence electrons. The molecule has 1 amide bonds. The van der Waals surface area contributed by atoms with E-state index in [1.54, 1.807) is 36.4 Å². The summed E-state index contributed by atoms with van der Waals surface area (Å²) >= 11 is 5.80. The number of halogens is 1. The predicted molar refractivity (Wildman–Crippen MR) is 102 cm³/mol. The maximum absolute atomic E-state index is 12.1. The molecule has 1 N–H and O–H groups in total. The molecule has 0 aliphatic carbocycles. The lowest BCUT2D eigenvalue weighted by Gasteiger charge is -2.22. The van der Waals surface area contributed by atoms with Gasteiger partial charge in [0.2, 0.25) is 10.0 Å². The molecule has 25 heavy (non-hydrogen) atoms. The van der Waals surface area contributed by atoms with Crippen LogP contribution in [0.3, 0.4) is 0 Å². The van der Waals surface area contributed by atoms with Gasteiger partial charge in [-0.15, -0.1) is 0 Å². The molecule has 0 fully saturated rings. The molecule has 0 aromatic heterocycles. The van der Waals surface area contributed by atoms with Crippen molar-refractivity contribution in [2.45, 2.75) is 13.3 Å². The van der Waals surface area contributed by atoms with E-state index in [9.17, 15) is 13.2 Å². The number of anilines is 1. The summed E-state index contributed by atoms with van der Waals surface area (Å²) in [5.74, 6) is -0.272. The molecule has 0 saturated carbocycles. The van der Waals surface area contributed by atoms with Crippen molar-refractivity contribution in [2.75, 3.05) is 23.7 Å². The van der Waals surface area contributed by atoms with E-state index >= 15 is 0 Å². The largest absolute Gasteiger partial charge is 0.350 e. The summed E-state index contributed by atoms with van der Waals surface area (Å²) in [6.07, 6.45) is 2.04. The van der Waals surface area contributed by atoms with E-state index in [1.807, 2.05) is 19.1 Å².